The molecule has 1 saturated heterocycles. The quantitative estimate of drug-likeness (QED) is 0.835. The maximum atomic E-state index is 11.8. The van der Waals surface area contributed by atoms with Gasteiger partial charge in [0.15, 0.2) is 5.11 Å². The Hall–Kier alpha value is -2.40. The molecule has 0 aromatic heterocycles. The molecule has 0 bridgehead atoms. The Labute approximate surface area is 147 Å². The highest BCUT2D eigenvalue weighted by Gasteiger charge is 2.21. The molecule has 0 atom stereocenters. The molecule has 0 saturated carbocycles. The number of hydrogen-bond donors (Lipinski definition) is 2. The van der Waals surface area contributed by atoms with E-state index in [-0.39, 0.29) is 5.91 Å². The summed E-state index contributed by atoms with van der Waals surface area (Å²) in [6, 6.07) is 16.0. The Morgan fingerprint density at radius 2 is 1.92 bits per heavy atom. The van der Waals surface area contributed by atoms with Gasteiger partial charge in [0, 0.05) is 30.9 Å². The molecule has 2 aromatic carbocycles. The van der Waals surface area contributed by atoms with Gasteiger partial charge in [-0.05, 0) is 61.0 Å². The van der Waals surface area contributed by atoms with Gasteiger partial charge in [-0.25, -0.2) is 0 Å². The van der Waals surface area contributed by atoms with E-state index in [1.165, 1.54) is 11.1 Å². The lowest BCUT2D eigenvalue weighted by atomic mass is 10.1. The van der Waals surface area contributed by atoms with Crippen LogP contribution in [0.1, 0.15) is 24.0 Å². The van der Waals surface area contributed by atoms with Crippen molar-refractivity contribution in [2.45, 2.75) is 26.3 Å². The molecule has 1 aliphatic heterocycles. The molecule has 0 radical (unpaired) electrons. The minimum Gasteiger partial charge on any atom is -0.358 e. The zero-order valence-electron chi connectivity index (χ0n) is 13.7. The van der Waals surface area contributed by atoms with Crippen LogP contribution in [0.3, 0.4) is 0 Å². The number of nitrogens with one attached hydrogen (secondary N) is 2. The van der Waals surface area contributed by atoms with E-state index in [9.17, 15) is 4.79 Å². The van der Waals surface area contributed by atoms with Crippen molar-refractivity contribution >= 4 is 34.6 Å². The Morgan fingerprint density at radius 1 is 1.17 bits per heavy atom. The lowest BCUT2D eigenvalue weighted by Gasteiger charge is -2.16. The van der Waals surface area contributed by atoms with Gasteiger partial charge >= 0.3 is 0 Å². The molecule has 24 heavy (non-hydrogen) atoms. The first-order valence-electron chi connectivity index (χ1n) is 8.13. The Morgan fingerprint density at radius 3 is 2.58 bits per heavy atom. The summed E-state index contributed by atoms with van der Waals surface area (Å²) >= 11 is 5.35. The van der Waals surface area contributed by atoms with Crippen LogP contribution in [0.5, 0.6) is 0 Å². The second kappa shape index (κ2) is 7.45. The van der Waals surface area contributed by atoms with Gasteiger partial charge in [0.05, 0.1) is 0 Å². The largest absolute Gasteiger partial charge is 0.358 e. The number of hydrogen-bond acceptors (Lipinski definition) is 2. The van der Waals surface area contributed by atoms with E-state index in [1.54, 1.807) is 0 Å². The number of carbonyl (C=O) groups is 1. The zero-order chi connectivity index (χ0) is 16.9. The van der Waals surface area contributed by atoms with Crippen molar-refractivity contribution in [2.24, 2.45) is 0 Å². The SMILES string of the molecule is Cc1ccccc1CNC(=S)Nc1ccc(N2CCCC2=O)cc1. The van der Waals surface area contributed by atoms with Crippen LogP contribution in [0.2, 0.25) is 0 Å². The lowest BCUT2D eigenvalue weighted by Crippen LogP contribution is -2.28. The van der Waals surface area contributed by atoms with Crippen LogP contribution in [0.4, 0.5) is 11.4 Å². The number of thiocarbonyl (C=S) groups is 1. The summed E-state index contributed by atoms with van der Waals surface area (Å²) in [4.78, 5) is 13.6. The molecule has 2 aromatic rings. The summed E-state index contributed by atoms with van der Waals surface area (Å²) in [5.74, 6) is 0.200. The topological polar surface area (TPSA) is 44.4 Å². The molecule has 1 fully saturated rings. The number of anilines is 2. The number of benzene rings is 2. The summed E-state index contributed by atoms with van der Waals surface area (Å²) in [7, 11) is 0. The Balaban J connectivity index is 1.55. The highest BCUT2D eigenvalue weighted by atomic mass is 32.1. The normalized spacial score (nSPS) is 13.9. The van der Waals surface area contributed by atoms with Crippen LogP contribution in [-0.2, 0) is 11.3 Å². The molecular formula is C19H21N3OS. The molecule has 1 amide bonds. The summed E-state index contributed by atoms with van der Waals surface area (Å²) in [5, 5.41) is 6.98. The summed E-state index contributed by atoms with van der Waals surface area (Å²) in [6.45, 7) is 3.59. The molecule has 0 spiro atoms. The Bertz CT molecular complexity index is 743. The standard InChI is InChI=1S/C19H21N3OS/c1-14-5-2-3-6-15(14)13-20-19(24)21-16-8-10-17(11-9-16)22-12-4-7-18(22)23/h2-3,5-6,8-11H,4,7,12-13H2,1H3,(H2,20,21,24). The first-order valence-corrected chi connectivity index (χ1v) is 8.54. The zero-order valence-corrected chi connectivity index (χ0v) is 14.5. The molecule has 1 heterocycles. The van der Waals surface area contributed by atoms with E-state index < -0.39 is 0 Å². The van der Waals surface area contributed by atoms with Crippen molar-refractivity contribution in [3.05, 3.63) is 59.7 Å². The van der Waals surface area contributed by atoms with Crippen LogP contribution >= 0.6 is 12.2 Å². The number of nitrogens with zero attached hydrogens (tertiary/aromatic N) is 1. The summed E-state index contributed by atoms with van der Waals surface area (Å²) in [6.07, 6.45) is 1.58. The van der Waals surface area contributed by atoms with Gasteiger partial charge < -0.3 is 15.5 Å². The smallest absolute Gasteiger partial charge is 0.227 e. The molecule has 1 aliphatic rings. The van der Waals surface area contributed by atoms with Crippen molar-refractivity contribution in [3.63, 3.8) is 0 Å². The van der Waals surface area contributed by atoms with Gasteiger partial charge in [0.1, 0.15) is 0 Å². The summed E-state index contributed by atoms with van der Waals surface area (Å²) < 4.78 is 0. The maximum Gasteiger partial charge on any atom is 0.227 e. The highest BCUT2D eigenvalue weighted by molar-refractivity contribution is 7.80. The van der Waals surface area contributed by atoms with Gasteiger partial charge in [0.25, 0.3) is 0 Å². The van der Waals surface area contributed by atoms with Crippen LogP contribution in [0.25, 0.3) is 0 Å². The Kier molecular flexibility index (Phi) is 5.11. The minimum absolute atomic E-state index is 0.200. The van der Waals surface area contributed by atoms with Crippen LogP contribution in [0.15, 0.2) is 48.5 Å². The predicted octanol–water partition coefficient (Wildman–Crippen LogP) is 3.61. The van der Waals surface area contributed by atoms with Gasteiger partial charge in [0.2, 0.25) is 5.91 Å². The van der Waals surface area contributed by atoms with Crippen molar-refractivity contribution in [1.29, 1.82) is 0 Å². The van der Waals surface area contributed by atoms with Gasteiger partial charge in [-0.2, -0.15) is 0 Å². The maximum absolute atomic E-state index is 11.8. The molecule has 0 unspecified atom stereocenters. The third kappa shape index (κ3) is 3.92. The molecule has 3 rings (SSSR count). The molecule has 5 heteroatoms. The average molecular weight is 339 g/mol. The number of carbonyl (C=O) groups excluding carboxylic acids is 1. The first-order chi connectivity index (χ1) is 11.6. The van der Waals surface area contributed by atoms with Crippen molar-refractivity contribution in [1.82, 2.24) is 5.32 Å². The second-order valence-electron chi connectivity index (χ2n) is 5.93. The van der Waals surface area contributed by atoms with Crippen molar-refractivity contribution in [2.75, 3.05) is 16.8 Å². The van der Waals surface area contributed by atoms with E-state index >= 15 is 0 Å². The van der Waals surface area contributed by atoms with E-state index in [4.69, 9.17) is 12.2 Å². The molecule has 2 N–H and O–H groups in total. The molecular weight excluding hydrogens is 318 g/mol. The minimum atomic E-state index is 0.200. The predicted molar refractivity (Wildman–Crippen MR) is 102 cm³/mol. The highest BCUT2D eigenvalue weighted by Crippen LogP contribution is 2.23. The van der Waals surface area contributed by atoms with E-state index in [1.807, 2.05) is 41.3 Å². The van der Waals surface area contributed by atoms with Gasteiger partial charge in [-0.1, -0.05) is 24.3 Å². The van der Waals surface area contributed by atoms with E-state index in [2.05, 4.69) is 29.7 Å². The first kappa shape index (κ1) is 16.5. The molecule has 4 nitrogen and oxygen atoms in total. The number of amides is 1. The fraction of sp³-hybridized carbons (Fsp3) is 0.263. The molecule has 0 aliphatic carbocycles. The van der Waals surface area contributed by atoms with Gasteiger partial charge in [-0.3, -0.25) is 4.79 Å². The van der Waals surface area contributed by atoms with Crippen molar-refractivity contribution < 1.29 is 4.79 Å². The van der Waals surface area contributed by atoms with E-state index in [0.717, 1.165) is 24.3 Å². The van der Waals surface area contributed by atoms with Crippen LogP contribution in [-0.4, -0.2) is 17.6 Å². The van der Waals surface area contributed by atoms with Crippen LogP contribution in [0, 0.1) is 6.92 Å². The van der Waals surface area contributed by atoms with Gasteiger partial charge in [-0.15, -0.1) is 0 Å². The number of aryl methyl sites for hydroxylation is 1. The third-order valence-corrected chi connectivity index (χ3v) is 4.46. The summed E-state index contributed by atoms with van der Waals surface area (Å²) in [5.41, 5.74) is 4.33. The fourth-order valence-corrected chi connectivity index (χ4v) is 3.00. The van der Waals surface area contributed by atoms with Crippen LogP contribution < -0.4 is 15.5 Å². The molecule has 124 valence electrons. The third-order valence-electron chi connectivity index (χ3n) is 4.21. The second-order valence-corrected chi connectivity index (χ2v) is 6.34. The fourth-order valence-electron chi connectivity index (χ4n) is 2.81. The monoisotopic (exact) mass is 339 g/mol. The van der Waals surface area contributed by atoms with E-state index in [0.29, 0.717) is 18.1 Å². The van der Waals surface area contributed by atoms with Crippen molar-refractivity contribution in [3.8, 4) is 0 Å². The average Bonchev–Trinajstić information content (AvgIpc) is 3.01. The lowest BCUT2D eigenvalue weighted by molar-refractivity contribution is -0.117. The number of rotatable bonds is 4.